The van der Waals surface area contributed by atoms with Gasteiger partial charge in [0.2, 0.25) is 5.91 Å². The quantitative estimate of drug-likeness (QED) is 0.760. The second-order valence-electron chi connectivity index (χ2n) is 6.57. The van der Waals surface area contributed by atoms with E-state index < -0.39 is 0 Å². The van der Waals surface area contributed by atoms with Gasteiger partial charge in [0.15, 0.2) is 0 Å². The number of esters is 1. The predicted molar refractivity (Wildman–Crippen MR) is 99.3 cm³/mol. The van der Waals surface area contributed by atoms with Crippen molar-refractivity contribution in [2.24, 2.45) is 5.92 Å². The molecule has 0 aliphatic carbocycles. The number of carbonyl (C=O) groups is 2. The number of aryl methyl sites for hydroxylation is 2. The fraction of sp³-hybridized carbons (Fsp3) is 0.556. The summed E-state index contributed by atoms with van der Waals surface area (Å²) in [5.74, 6) is -0.715. The van der Waals surface area contributed by atoms with Crippen LogP contribution in [0, 0.1) is 19.8 Å². The van der Waals surface area contributed by atoms with Crippen LogP contribution >= 0.6 is 11.3 Å². The Bertz CT molecular complexity index is 902. The molecule has 1 aliphatic rings. The minimum absolute atomic E-state index is 0.0638. The SMILES string of the molecule is CCOC(=O)C1CCCN(C(=O)Cn2cnc3sc(C)c(C)c3c2=O)C1. The molecule has 1 aliphatic heterocycles. The monoisotopic (exact) mass is 377 g/mol. The molecule has 0 aromatic carbocycles. The van der Waals surface area contributed by atoms with Crippen LogP contribution in [-0.4, -0.2) is 46.0 Å². The Balaban J connectivity index is 1.76. The van der Waals surface area contributed by atoms with Crippen molar-refractivity contribution in [3.63, 3.8) is 0 Å². The number of amides is 1. The van der Waals surface area contributed by atoms with Gasteiger partial charge in [-0.25, -0.2) is 4.98 Å². The van der Waals surface area contributed by atoms with Gasteiger partial charge in [0.1, 0.15) is 11.4 Å². The van der Waals surface area contributed by atoms with Gasteiger partial charge in [0.05, 0.1) is 24.2 Å². The number of rotatable bonds is 4. The third-order valence-electron chi connectivity index (χ3n) is 4.86. The van der Waals surface area contributed by atoms with Gasteiger partial charge in [-0.2, -0.15) is 0 Å². The molecule has 0 N–H and O–H groups in total. The lowest BCUT2D eigenvalue weighted by Gasteiger charge is -2.31. The number of thiophene rings is 1. The highest BCUT2D eigenvalue weighted by Gasteiger charge is 2.29. The molecule has 1 amide bonds. The largest absolute Gasteiger partial charge is 0.466 e. The summed E-state index contributed by atoms with van der Waals surface area (Å²) in [6, 6.07) is 0. The number of piperidine rings is 1. The molecule has 0 radical (unpaired) electrons. The zero-order valence-corrected chi connectivity index (χ0v) is 16.1. The summed E-state index contributed by atoms with van der Waals surface area (Å²) in [5, 5.41) is 0.589. The van der Waals surface area contributed by atoms with Crippen LogP contribution < -0.4 is 5.56 Å². The summed E-state index contributed by atoms with van der Waals surface area (Å²) in [7, 11) is 0. The Morgan fingerprint density at radius 3 is 2.88 bits per heavy atom. The van der Waals surface area contributed by atoms with Crippen molar-refractivity contribution in [1.29, 1.82) is 0 Å². The van der Waals surface area contributed by atoms with Crippen LogP contribution in [0.25, 0.3) is 10.2 Å². The zero-order valence-electron chi connectivity index (χ0n) is 15.3. The highest BCUT2D eigenvalue weighted by molar-refractivity contribution is 7.18. The first-order valence-electron chi connectivity index (χ1n) is 8.82. The Morgan fingerprint density at radius 2 is 2.15 bits per heavy atom. The number of aromatic nitrogens is 2. The van der Waals surface area contributed by atoms with E-state index in [9.17, 15) is 14.4 Å². The maximum absolute atomic E-state index is 12.7. The third kappa shape index (κ3) is 3.51. The zero-order chi connectivity index (χ0) is 18.8. The number of ether oxygens (including phenoxy) is 1. The number of hydrogen-bond donors (Lipinski definition) is 0. The van der Waals surface area contributed by atoms with Crippen LogP contribution in [0.4, 0.5) is 0 Å². The van der Waals surface area contributed by atoms with Gasteiger partial charge >= 0.3 is 5.97 Å². The second kappa shape index (κ2) is 7.57. The Morgan fingerprint density at radius 1 is 1.38 bits per heavy atom. The summed E-state index contributed by atoms with van der Waals surface area (Å²) in [6.45, 7) is 6.84. The van der Waals surface area contributed by atoms with Crippen molar-refractivity contribution in [2.45, 2.75) is 40.2 Å². The number of carbonyl (C=O) groups excluding carboxylic acids is 2. The Labute approximate surface area is 155 Å². The molecule has 0 saturated carbocycles. The van der Waals surface area contributed by atoms with Gasteiger partial charge in [-0.15, -0.1) is 11.3 Å². The van der Waals surface area contributed by atoms with Gasteiger partial charge in [-0.05, 0) is 39.2 Å². The molecular formula is C18H23N3O4S. The molecule has 3 rings (SSSR count). The van der Waals surface area contributed by atoms with Crippen LogP contribution in [-0.2, 0) is 20.9 Å². The molecule has 1 atom stereocenters. The minimum Gasteiger partial charge on any atom is -0.466 e. The lowest BCUT2D eigenvalue weighted by molar-refractivity contribution is -0.151. The predicted octanol–water partition coefficient (Wildman–Crippen LogP) is 1.88. The van der Waals surface area contributed by atoms with Gasteiger partial charge in [-0.3, -0.25) is 19.0 Å². The van der Waals surface area contributed by atoms with E-state index in [1.54, 1.807) is 11.8 Å². The molecule has 0 bridgehead atoms. The lowest BCUT2D eigenvalue weighted by Crippen LogP contribution is -2.45. The van der Waals surface area contributed by atoms with Crippen molar-refractivity contribution < 1.29 is 14.3 Å². The average molecular weight is 377 g/mol. The van der Waals surface area contributed by atoms with E-state index in [2.05, 4.69) is 4.98 Å². The van der Waals surface area contributed by atoms with E-state index in [-0.39, 0.29) is 29.9 Å². The van der Waals surface area contributed by atoms with Crippen LogP contribution in [0.5, 0.6) is 0 Å². The molecule has 1 unspecified atom stereocenters. The number of fused-ring (bicyclic) bond motifs is 1. The highest BCUT2D eigenvalue weighted by atomic mass is 32.1. The minimum atomic E-state index is -0.285. The van der Waals surface area contributed by atoms with E-state index in [0.717, 1.165) is 23.3 Å². The maximum Gasteiger partial charge on any atom is 0.310 e. The highest BCUT2D eigenvalue weighted by Crippen LogP contribution is 2.25. The maximum atomic E-state index is 12.7. The summed E-state index contributed by atoms with van der Waals surface area (Å²) < 4.78 is 6.43. The molecule has 3 heterocycles. The smallest absolute Gasteiger partial charge is 0.310 e. The van der Waals surface area contributed by atoms with Crippen LogP contribution in [0.1, 0.15) is 30.2 Å². The number of likely N-dealkylation sites (tertiary alicyclic amines) is 1. The molecule has 26 heavy (non-hydrogen) atoms. The third-order valence-corrected chi connectivity index (χ3v) is 5.97. The van der Waals surface area contributed by atoms with Gasteiger partial charge in [-0.1, -0.05) is 0 Å². The summed E-state index contributed by atoms with van der Waals surface area (Å²) in [4.78, 5) is 45.1. The van der Waals surface area contributed by atoms with E-state index >= 15 is 0 Å². The number of hydrogen-bond acceptors (Lipinski definition) is 6. The summed E-state index contributed by atoms with van der Waals surface area (Å²) in [5.41, 5.74) is 0.730. The van der Waals surface area contributed by atoms with Crippen molar-refractivity contribution in [1.82, 2.24) is 14.5 Å². The standard InChI is InChI=1S/C18H23N3O4S/c1-4-25-18(24)13-6-5-7-20(8-13)14(22)9-21-10-19-16-15(17(21)23)11(2)12(3)26-16/h10,13H,4-9H2,1-3H3. The van der Waals surface area contributed by atoms with E-state index in [1.165, 1.54) is 22.2 Å². The lowest BCUT2D eigenvalue weighted by atomic mass is 9.98. The van der Waals surface area contributed by atoms with Crippen molar-refractivity contribution >= 4 is 33.4 Å². The van der Waals surface area contributed by atoms with Crippen molar-refractivity contribution in [3.05, 3.63) is 27.1 Å². The van der Waals surface area contributed by atoms with Crippen molar-refractivity contribution in [3.8, 4) is 0 Å². The summed E-state index contributed by atoms with van der Waals surface area (Å²) in [6.07, 6.45) is 2.92. The fourth-order valence-electron chi connectivity index (χ4n) is 3.28. The first-order chi connectivity index (χ1) is 12.4. The van der Waals surface area contributed by atoms with Gasteiger partial charge in [0.25, 0.3) is 5.56 Å². The topological polar surface area (TPSA) is 81.5 Å². The van der Waals surface area contributed by atoms with Gasteiger partial charge in [0, 0.05) is 18.0 Å². The first-order valence-corrected chi connectivity index (χ1v) is 9.63. The summed E-state index contributed by atoms with van der Waals surface area (Å²) >= 11 is 1.49. The van der Waals surface area contributed by atoms with E-state index in [0.29, 0.717) is 29.9 Å². The normalized spacial score (nSPS) is 17.5. The fourth-order valence-corrected chi connectivity index (χ4v) is 4.27. The molecule has 140 valence electrons. The molecule has 8 heteroatoms. The van der Waals surface area contributed by atoms with E-state index in [1.807, 2.05) is 13.8 Å². The molecule has 2 aromatic heterocycles. The molecule has 1 saturated heterocycles. The molecule has 2 aromatic rings. The van der Waals surface area contributed by atoms with E-state index in [4.69, 9.17) is 4.74 Å². The van der Waals surface area contributed by atoms with Crippen LogP contribution in [0.2, 0.25) is 0 Å². The molecule has 1 fully saturated rings. The van der Waals surface area contributed by atoms with Crippen molar-refractivity contribution in [2.75, 3.05) is 19.7 Å². The van der Waals surface area contributed by atoms with Gasteiger partial charge < -0.3 is 9.64 Å². The molecule has 7 nitrogen and oxygen atoms in total. The van der Waals surface area contributed by atoms with Crippen LogP contribution in [0.3, 0.4) is 0 Å². The molecule has 0 spiro atoms. The Hall–Kier alpha value is -2.22. The molecular weight excluding hydrogens is 354 g/mol. The second-order valence-corrected chi connectivity index (χ2v) is 7.78. The van der Waals surface area contributed by atoms with Crippen LogP contribution in [0.15, 0.2) is 11.1 Å². The Kier molecular flexibility index (Phi) is 5.41. The number of nitrogens with zero attached hydrogens (tertiary/aromatic N) is 3. The first kappa shape index (κ1) is 18.6. The average Bonchev–Trinajstić information content (AvgIpc) is 2.92.